The molecule has 1 aromatic carbocycles. The number of benzene rings is 1. The molecule has 8 nitrogen and oxygen atoms in total. The highest BCUT2D eigenvalue weighted by Gasteiger charge is 2.28. The van der Waals surface area contributed by atoms with Crippen molar-refractivity contribution >= 4 is 40.0 Å². The summed E-state index contributed by atoms with van der Waals surface area (Å²) in [5.74, 6) is 0.467. The fraction of sp³-hybridized carbons (Fsp3) is 0.650. The molecule has 31 heavy (non-hydrogen) atoms. The van der Waals surface area contributed by atoms with Crippen molar-refractivity contribution in [2.75, 3.05) is 52.1 Å². The van der Waals surface area contributed by atoms with Gasteiger partial charge in [-0.25, -0.2) is 12.8 Å². The molecule has 0 radical (unpaired) electrons. The van der Waals surface area contributed by atoms with E-state index in [0.29, 0.717) is 38.7 Å². The van der Waals surface area contributed by atoms with E-state index in [4.69, 9.17) is 9.47 Å². The number of sulfonamides is 1. The highest BCUT2D eigenvalue weighted by molar-refractivity contribution is 14.0. The summed E-state index contributed by atoms with van der Waals surface area (Å²) in [5, 5.41) is 3.22. The first-order valence-electron chi connectivity index (χ1n) is 10.2. The van der Waals surface area contributed by atoms with Gasteiger partial charge in [0.25, 0.3) is 0 Å². The van der Waals surface area contributed by atoms with Crippen LogP contribution in [0.3, 0.4) is 0 Å². The standard InChI is InChI=1S/C20H33FN4O4S.HI/c1-16(2)28-13-14-30(26,27)25-11-9-24(10-12-25)20(22-4)23-15-17(3)29-19-8-6-5-7-18(19)21;/h5-8,16-17H,9-15H2,1-4H3,(H,22,23);1H. The first-order valence-corrected chi connectivity index (χ1v) is 11.8. The largest absolute Gasteiger partial charge is 0.486 e. The molecule has 1 aliphatic rings. The van der Waals surface area contributed by atoms with Gasteiger partial charge in [-0.2, -0.15) is 4.31 Å². The molecule has 0 saturated carbocycles. The maximum atomic E-state index is 13.7. The highest BCUT2D eigenvalue weighted by atomic mass is 127. The molecule has 0 bridgehead atoms. The fourth-order valence-corrected chi connectivity index (χ4v) is 4.35. The predicted molar refractivity (Wildman–Crippen MR) is 131 cm³/mol. The van der Waals surface area contributed by atoms with E-state index in [0.717, 1.165) is 0 Å². The van der Waals surface area contributed by atoms with Crippen LogP contribution < -0.4 is 10.1 Å². The number of hydrogen-bond donors (Lipinski definition) is 1. The third-order valence-corrected chi connectivity index (χ3v) is 6.48. The van der Waals surface area contributed by atoms with Crippen LogP contribution in [0.5, 0.6) is 5.75 Å². The first kappa shape index (κ1) is 27.9. The van der Waals surface area contributed by atoms with Gasteiger partial charge in [0.15, 0.2) is 17.5 Å². The maximum Gasteiger partial charge on any atom is 0.216 e. The van der Waals surface area contributed by atoms with Gasteiger partial charge in [0.05, 0.1) is 25.0 Å². The number of rotatable bonds is 9. The van der Waals surface area contributed by atoms with Crippen LogP contribution in [0.4, 0.5) is 4.39 Å². The van der Waals surface area contributed by atoms with Crippen LogP contribution in [0.1, 0.15) is 20.8 Å². The van der Waals surface area contributed by atoms with E-state index in [9.17, 15) is 12.8 Å². The summed E-state index contributed by atoms with van der Waals surface area (Å²) in [7, 11) is -1.66. The molecular weight excluding hydrogens is 538 g/mol. The number of nitrogens with zero attached hydrogens (tertiary/aromatic N) is 3. The van der Waals surface area contributed by atoms with Gasteiger partial charge in [0.1, 0.15) is 6.10 Å². The summed E-state index contributed by atoms with van der Waals surface area (Å²) in [6.07, 6.45) is -0.266. The summed E-state index contributed by atoms with van der Waals surface area (Å²) < 4.78 is 51.2. The Kier molecular flexibility index (Phi) is 12.0. The molecule has 1 unspecified atom stereocenters. The Hall–Kier alpha value is -1.18. The van der Waals surface area contributed by atoms with Crippen molar-refractivity contribution in [3.05, 3.63) is 30.1 Å². The number of nitrogens with one attached hydrogen (secondary N) is 1. The average Bonchev–Trinajstić information content (AvgIpc) is 2.70. The second kappa shape index (κ2) is 13.4. The number of ether oxygens (including phenoxy) is 2. The smallest absolute Gasteiger partial charge is 0.216 e. The third-order valence-electron chi connectivity index (χ3n) is 4.65. The predicted octanol–water partition coefficient (Wildman–Crippen LogP) is 2.16. The van der Waals surface area contributed by atoms with E-state index in [1.54, 1.807) is 25.2 Å². The third kappa shape index (κ3) is 9.07. The lowest BCUT2D eigenvalue weighted by Crippen LogP contribution is -2.55. The van der Waals surface area contributed by atoms with Crippen molar-refractivity contribution in [1.29, 1.82) is 0 Å². The van der Waals surface area contributed by atoms with Crippen molar-refractivity contribution < 1.29 is 22.3 Å². The molecule has 0 amide bonds. The van der Waals surface area contributed by atoms with Crippen molar-refractivity contribution in [2.45, 2.75) is 33.0 Å². The van der Waals surface area contributed by atoms with Crippen molar-refractivity contribution in [1.82, 2.24) is 14.5 Å². The molecule has 1 atom stereocenters. The summed E-state index contributed by atoms with van der Waals surface area (Å²) in [6.45, 7) is 8.10. The van der Waals surface area contributed by atoms with Crippen LogP contribution in [0.15, 0.2) is 29.3 Å². The number of piperazine rings is 1. The minimum atomic E-state index is -3.33. The lowest BCUT2D eigenvalue weighted by Gasteiger charge is -2.36. The van der Waals surface area contributed by atoms with Crippen molar-refractivity contribution in [3.8, 4) is 5.75 Å². The zero-order valence-corrected chi connectivity index (χ0v) is 21.7. The topological polar surface area (TPSA) is 83.5 Å². The van der Waals surface area contributed by atoms with E-state index in [2.05, 4.69) is 10.3 Å². The number of para-hydroxylation sites is 1. The van der Waals surface area contributed by atoms with E-state index in [1.165, 1.54) is 10.4 Å². The van der Waals surface area contributed by atoms with Crippen LogP contribution in [0.2, 0.25) is 0 Å². The van der Waals surface area contributed by atoms with Gasteiger partial charge >= 0.3 is 0 Å². The number of guanidine groups is 1. The summed E-state index contributed by atoms with van der Waals surface area (Å²) >= 11 is 0. The van der Waals surface area contributed by atoms with Gasteiger partial charge in [-0.05, 0) is 32.9 Å². The minimum Gasteiger partial charge on any atom is -0.486 e. The molecule has 0 aliphatic carbocycles. The van der Waals surface area contributed by atoms with Crippen LogP contribution in [0, 0.1) is 5.82 Å². The molecule has 1 fully saturated rings. The number of aliphatic imine (C=N–C) groups is 1. The molecule has 0 aromatic heterocycles. The zero-order valence-electron chi connectivity index (χ0n) is 18.6. The quantitative estimate of drug-likeness (QED) is 0.278. The Morgan fingerprint density at radius 2 is 1.84 bits per heavy atom. The summed E-state index contributed by atoms with van der Waals surface area (Å²) in [4.78, 5) is 6.28. The minimum absolute atomic E-state index is 0. The normalized spacial score (nSPS) is 16.7. The zero-order chi connectivity index (χ0) is 22.1. The maximum absolute atomic E-state index is 13.7. The van der Waals surface area contributed by atoms with Gasteiger partial charge in [0, 0.05) is 33.2 Å². The molecule has 178 valence electrons. The van der Waals surface area contributed by atoms with Gasteiger partial charge in [-0.3, -0.25) is 4.99 Å². The molecule has 1 N–H and O–H groups in total. The lowest BCUT2D eigenvalue weighted by molar-refractivity contribution is 0.0904. The van der Waals surface area contributed by atoms with E-state index < -0.39 is 15.8 Å². The lowest BCUT2D eigenvalue weighted by atomic mass is 10.3. The molecule has 1 aromatic rings. The summed E-state index contributed by atoms with van der Waals surface area (Å²) in [6, 6.07) is 6.29. The molecule has 11 heteroatoms. The van der Waals surface area contributed by atoms with Crippen molar-refractivity contribution in [3.63, 3.8) is 0 Å². The first-order chi connectivity index (χ1) is 14.2. The van der Waals surface area contributed by atoms with Gasteiger partial charge in [-0.1, -0.05) is 12.1 Å². The van der Waals surface area contributed by atoms with Crippen LogP contribution in [-0.4, -0.2) is 87.9 Å². The monoisotopic (exact) mass is 572 g/mol. The van der Waals surface area contributed by atoms with Gasteiger partial charge in [0.2, 0.25) is 10.0 Å². The Balaban J connectivity index is 0.00000480. The number of halogens is 2. The molecule has 1 heterocycles. The molecular formula is C20H34FIN4O4S. The van der Waals surface area contributed by atoms with Gasteiger partial charge < -0.3 is 19.7 Å². The Morgan fingerprint density at radius 1 is 1.19 bits per heavy atom. The van der Waals surface area contributed by atoms with Crippen LogP contribution in [-0.2, 0) is 14.8 Å². The molecule has 1 saturated heterocycles. The second-order valence-electron chi connectivity index (χ2n) is 7.41. The Bertz CT molecular complexity index is 802. The second-order valence-corrected chi connectivity index (χ2v) is 9.50. The Labute approximate surface area is 202 Å². The fourth-order valence-electron chi connectivity index (χ4n) is 3.06. The molecule has 0 spiro atoms. The summed E-state index contributed by atoms with van der Waals surface area (Å²) in [5.41, 5.74) is 0. The van der Waals surface area contributed by atoms with E-state index >= 15 is 0 Å². The number of hydrogen-bond acceptors (Lipinski definition) is 5. The van der Waals surface area contributed by atoms with E-state index in [-0.39, 0.29) is 54.3 Å². The van der Waals surface area contributed by atoms with Crippen molar-refractivity contribution in [2.24, 2.45) is 4.99 Å². The van der Waals surface area contributed by atoms with E-state index in [1.807, 2.05) is 25.7 Å². The highest BCUT2D eigenvalue weighted by Crippen LogP contribution is 2.16. The van der Waals surface area contributed by atoms with Crippen LogP contribution >= 0.6 is 24.0 Å². The van der Waals surface area contributed by atoms with Gasteiger partial charge in [-0.15, -0.1) is 24.0 Å². The SMILES string of the molecule is CN=C(NCC(C)Oc1ccccc1F)N1CCN(S(=O)(=O)CCOC(C)C)CC1.I. The Morgan fingerprint density at radius 3 is 2.42 bits per heavy atom. The molecule has 2 rings (SSSR count). The van der Waals surface area contributed by atoms with Crippen LogP contribution in [0.25, 0.3) is 0 Å². The average molecular weight is 572 g/mol. The molecule has 1 aliphatic heterocycles.